The van der Waals surface area contributed by atoms with Gasteiger partial charge in [0.25, 0.3) is 0 Å². The Morgan fingerprint density at radius 3 is 2.75 bits per heavy atom. The molecule has 0 radical (unpaired) electrons. The smallest absolute Gasteiger partial charge is 0.177 e. The van der Waals surface area contributed by atoms with Gasteiger partial charge in [-0.1, -0.05) is 6.08 Å². The molecule has 0 fully saturated rings. The van der Waals surface area contributed by atoms with Crippen molar-refractivity contribution in [3.8, 4) is 0 Å². The maximum atomic E-state index is 5.91. The Hall–Kier alpha value is -0.950. The van der Waals surface area contributed by atoms with Crippen LogP contribution in [0.25, 0.3) is 16.2 Å². The third-order valence-corrected chi connectivity index (χ3v) is 4.66. The monoisotopic (exact) mass is 356 g/mol. The van der Waals surface area contributed by atoms with Crippen LogP contribution in [0.15, 0.2) is 22.1 Å². The third-order valence-electron chi connectivity index (χ3n) is 2.70. The second-order valence-electron chi connectivity index (χ2n) is 4.02. The Labute approximate surface area is 130 Å². The van der Waals surface area contributed by atoms with E-state index >= 15 is 0 Å². The number of pyridine rings is 1. The van der Waals surface area contributed by atoms with Gasteiger partial charge in [0.1, 0.15) is 5.82 Å². The van der Waals surface area contributed by atoms with Gasteiger partial charge in [-0.05, 0) is 35.9 Å². The first kappa shape index (κ1) is 15.4. The molecule has 2 heterocycles. The molecular weight excluding hydrogens is 340 g/mol. The number of nitrogens with two attached hydrogens (primary N) is 1. The van der Waals surface area contributed by atoms with Gasteiger partial charge in [0.15, 0.2) is 6.29 Å². The average molecular weight is 357 g/mol. The van der Waals surface area contributed by atoms with Crippen molar-refractivity contribution < 1.29 is 9.47 Å². The second kappa shape index (κ2) is 7.17. The number of nitrogen functional groups attached to an aromatic ring is 1. The summed E-state index contributed by atoms with van der Waals surface area (Å²) in [6.45, 7) is 5.10. The highest BCUT2D eigenvalue weighted by Crippen LogP contribution is 2.36. The largest absolute Gasteiger partial charge is 0.383 e. The van der Waals surface area contributed by atoms with Crippen LogP contribution in [0.3, 0.4) is 0 Å². The predicted octanol–water partition coefficient (Wildman–Crippen LogP) is 4.05. The maximum Gasteiger partial charge on any atom is 0.177 e. The predicted molar refractivity (Wildman–Crippen MR) is 87.8 cm³/mol. The molecule has 2 aromatic rings. The molecule has 6 heteroatoms. The zero-order valence-electron chi connectivity index (χ0n) is 11.4. The summed E-state index contributed by atoms with van der Waals surface area (Å²) in [7, 11) is 0. The fraction of sp³-hybridized carbons (Fsp3) is 0.357. The summed E-state index contributed by atoms with van der Waals surface area (Å²) in [6, 6.07) is 0. The number of nitrogens with zero attached hydrogens (tertiary/aromatic N) is 1. The van der Waals surface area contributed by atoms with Crippen LogP contribution in [0.1, 0.15) is 19.4 Å². The first-order valence-electron chi connectivity index (χ1n) is 6.39. The van der Waals surface area contributed by atoms with Crippen molar-refractivity contribution in [2.75, 3.05) is 18.9 Å². The van der Waals surface area contributed by atoms with Crippen LogP contribution in [-0.2, 0) is 9.47 Å². The number of fused-ring (bicyclic) bond motifs is 1. The molecule has 0 saturated heterocycles. The molecule has 0 aliphatic rings. The molecule has 0 aliphatic carbocycles. The van der Waals surface area contributed by atoms with E-state index in [2.05, 4.69) is 20.9 Å². The van der Waals surface area contributed by atoms with Gasteiger partial charge in [0.05, 0.1) is 0 Å². The van der Waals surface area contributed by atoms with Crippen molar-refractivity contribution in [3.63, 3.8) is 0 Å². The minimum Gasteiger partial charge on any atom is -0.383 e. The van der Waals surface area contributed by atoms with Crippen molar-refractivity contribution in [2.45, 2.75) is 20.1 Å². The Kier molecular flexibility index (Phi) is 5.54. The lowest BCUT2D eigenvalue weighted by Crippen LogP contribution is -2.13. The van der Waals surface area contributed by atoms with Crippen LogP contribution in [-0.4, -0.2) is 24.5 Å². The Bertz CT molecular complexity index is 606. The molecular formula is C14H17BrN2O2S. The normalized spacial score (nSPS) is 12.0. The van der Waals surface area contributed by atoms with E-state index in [1.807, 2.05) is 31.4 Å². The first-order valence-corrected chi connectivity index (χ1v) is 8.07. The van der Waals surface area contributed by atoms with Gasteiger partial charge in [-0.3, -0.25) is 0 Å². The fourth-order valence-corrected chi connectivity index (χ4v) is 3.58. The maximum absolute atomic E-state index is 5.91. The topological polar surface area (TPSA) is 57.4 Å². The average Bonchev–Trinajstić information content (AvgIpc) is 2.82. The van der Waals surface area contributed by atoms with E-state index in [0.29, 0.717) is 19.0 Å². The molecule has 0 aliphatic heterocycles. The Balaban J connectivity index is 2.31. The number of anilines is 1. The number of rotatable bonds is 6. The molecule has 0 aromatic carbocycles. The van der Waals surface area contributed by atoms with E-state index in [9.17, 15) is 0 Å². The van der Waals surface area contributed by atoms with Crippen LogP contribution >= 0.6 is 27.3 Å². The van der Waals surface area contributed by atoms with Crippen molar-refractivity contribution in [1.82, 2.24) is 4.98 Å². The highest BCUT2D eigenvalue weighted by Gasteiger charge is 2.10. The lowest BCUT2D eigenvalue weighted by molar-refractivity contribution is -0.103. The van der Waals surface area contributed by atoms with E-state index in [1.54, 1.807) is 17.5 Å². The molecule has 0 spiro atoms. The van der Waals surface area contributed by atoms with Crippen LogP contribution in [0.2, 0.25) is 0 Å². The number of thiophene rings is 1. The first-order chi connectivity index (χ1) is 9.67. The number of halogens is 1. The number of hydrogen-bond acceptors (Lipinski definition) is 5. The van der Waals surface area contributed by atoms with Crippen LogP contribution in [0.4, 0.5) is 5.82 Å². The minimum absolute atomic E-state index is 0.332. The van der Waals surface area contributed by atoms with Gasteiger partial charge in [-0.25, -0.2) is 4.98 Å². The zero-order valence-corrected chi connectivity index (χ0v) is 13.8. The fourth-order valence-electron chi connectivity index (χ4n) is 1.84. The Morgan fingerprint density at radius 2 is 2.10 bits per heavy atom. The summed E-state index contributed by atoms with van der Waals surface area (Å²) in [4.78, 5) is 4.23. The van der Waals surface area contributed by atoms with Gasteiger partial charge in [0, 0.05) is 44.9 Å². The third kappa shape index (κ3) is 3.38. The molecule has 0 atom stereocenters. The van der Waals surface area contributed by atoms with Gasteiger partial charge in [-0.15, -0.1) is 11.3 Å². The summed E-state index contributed by atoms with van der Waals surface area (Å²) in [5, 5.41) is 2.98. The van der Waals surface area contributed by atoms with E-state index in [4.69, 9.17) is 15.2 Å². The van der Waals surface area contributed by atoms with Gasteiger partial charge >= 0.3 is 0 Å². The summed E-state index contributed by atoms with van der Waals surface area (Å²) in [6.07, 6.45) is 5.30. The molecule has 0 amide bonds. The SMILES string of the molecule is CCOC(/C=C/c1cnc(N)c2c(Br)csc12)OCC. The van der Waals surface area contributed by atoms with Crippen molar-refractivity contribution in [3.05, 3.63) is 27.7 Å². The van der Waals surface area contributed by atoms with Gasteiger partial charge in [0.2, 0.25) is 0 Å². The van der Waals surface area contributed by atoms with Crippen LogP contribution in [0, 0.1) is 0 Å². The molecule has 2 rings (SSSR count). The summed E-state index contributed by atoms with van der Waals surface area (Å²) in [5.74, 6) is 0.538. The summed E-state index contributed by atoms with van der Waals surface area (Å²) < 4.78 is 13.1. The van der Waals surface area contributed by atoms with E-state index in [1.165, 1.54) is 0 Å². The zero-order chi connectivity index (χ0) is 14.5. The van der Waals surface area contributed by atoms with E-state index in [-0.39, 0.29) is 6.29 Å². The quantitative estimate of drug-likeness (QED) is 0.793. The molecule has 0 unspecified atom stereocenters. The van der Waals surface area contributed by atoms with Crippen LogP contribution < -0.4 is 5.73 Å². The summed E-state index contributed by atoms with van der Waals surface area (Å²) >= 11 is 5.13. The number of aromatic nitrogens is 1. The van der Waals surface area contributed by atoms with Crippen molar-refractivity contribution in [1.29, 1.82) is 0 Å². The second-order valence-corrected chi connectivity index (χ2v) is 5.76. The highest BCUT2D eigenvalue weighted by atomic mass is 79.9. The minimum atomic E-state index is -0.332. The van der Waals surface area contributed by atoms with Gasteiger partial charge in [-0.2, -0.15) is 0 Å². The van der Waals surface area contributed by atoms with Crippen molar-refractivity contribution >= 4 is 49.2 Å². The molecule has 0 bridgehead atoms. The van der Waals surface area contributed by atoms with Gasteiger partial charge < -0.3 is 15.2 Å². The molecule has 0 saturated carbocycles. The molecule has 108 valence electrons. The summed E-state index contributed by atoms with van der Waals surface area (Å²) in [5.41, 5.74) is 6.92. The molecule has 2 aromatic heterocycles. The number of hydrogen-bond donors (Lipinski definition) is 1. The van der Waals surface area contributed by atoms with Crippen molar-refractivity contribution in [2.24, 2.45) is 0 Å². The van der Waals surface area contributed by atoms with Crippen LogP contribution in [0.5, 0.6) is 0 Å². The standard InChI is InChI=1S/C14H17BrN2O2S/c1-3-18-11(19-4-2)6-5-9-7-17-14(16)12-10(15)8-20-13(9)12/h5-8,11H,3-4H2,1-2H3,(H2,16,17)/b6-5+. The molecule has 2 N–H and O–H groups in total. The van der Waals surface area contributed by atoms with E-state index in [0.717, 1.165) is 20.1 Å². The molecule has 4 nitrogen and oxygen atoms in total. The number of ether oxygens (including phenoxy) is 2. The highest BCUT2D eigenvalue weighted by molar-refractivity contribution is 9.10. The van der Waals surface area contributed by atoms with E-state index < -0.39 is 0 Å². The molecule has 20 heavy (non-hydrogen) atoms. The lowest BCUT2D eigenvalue weighted by Gasteiger charge is -2.12. The Morgan fingerprint density at radius 1 is 1.40 bits per heavy atom. The lowest BCUT2D eigenvalue weighted by atomic mass is 10.2.